The molecule has 0 radical (unpaired) electrons. The van der Waals surface area contributed by atoms with E-state index in [0.29, 0.717) is 11.2 Å². The van der Waals surface area contributed by atoms with E-state index in [9.17, 15) is 0 Å². The van der Waals surface area contributed by atoms with Gasteiger partial charge >= 0.3 is 0 Å². The van der Waals surface area contributed by atoms with Gasteiger partial charge in [0.15, 0.2) is 5.11 Å². The van der Waals surface area contributed by atoms with Crippen LogP contribution in [-0.4, -0.2) is 5.11 Å². The third-order valence-electron chi connectivity index (χ3n) is 2.69. The molecule has 2 rings (SSSR count). The molecule has 1 aromatic carbocycles. The van der Waals surface area contributed by atoms with E-state index < -0.39 is 0 Å². The summed E-state index contributed by atoms with van der Waals surface area (Å²) in [4.78, 5) is 0. The molecule has 1 aliphatic carbocycles. The SMILES string of the molecule is NC(=S)NC1CCCc2ccccc21. The van der Waals surface area contributed by atoms with Crippen LogP contribution in [-0.2, 0) is 6.42 Å². The number of hydrogen-bond acceptors (Lipinski definition) is 1. The second-order valence-electron chi connectivity index (χ2n) is 3.65. The van der Waals surface area contributed by atoms with Crippen LogP contribution >= 0.6 is 12.2 Å². The first-order valence-corrected chi connectivity index (χ1v) is 5.32. The van der Waals surface area contributed by atoms with Crippen LogP contribution in [0, 0.1) is 0 Å². The molecule has 0 aromatic heterocycles. The van der Waals surface area contributed by atoms with Gasteiger partial charge in [0.25, 0.3) is 0 Å². The van der Waals surface area contributed by atoms with E-state index >= 15 is 0 Å². The van der Waals surface area contributed by atoms with Crippen molar-refractivity contribution in [2.24, 2.45) is 5.73 Å². The number of thiocarbonyl (C=S) groups is 1. The minimum atomic E-state index is 0.317. The van der Waals surface area contributed by atoms with Crippen LogP contribution in [0.1, 0.15) is 30.0 Å². The first kappa shape index (κ1) is 9.46. The van der Waals surface area contributed by atoms with E-state index in [1.165, 1.54) is 24.0 Å². The predicted octanol–water partition coefficient (Wildman–Crippen LogP) is 1.90. The van der Waals surface area contributed by atoms with Gasteiger partial charge in [0.1, 0.15) is 0 Å². The number of hydrogen-bond donors (Lipinski definition) is 2. The van der Waals surface area contributed by atoms with Crippen LogP contribution in [0.4, 0.5) is 0 Å². The molecule has 0 aliphatic heterocycles. The minimum absolute atomic E-state index is 0.317. The molecule has 0 amide bonds. The van der Waals surface area contributed by atoms with Crippen molar-refractivity contribution in [1.82, 2.24) is 5.32 Å². The average Bonchev–Trinajstić information content (AvgIpc) is 2.18. The summed E-state index contributed by atoms with van der Waals surface area (Å²) in [6.45, 7) is 0. The van der Waals surface area contributed by atoms with E-state index in [2.05, 4.69) is 29.6 Å². The van der Waals surface area contributed by atoms with Crippen LogP contribution in [0.15, 0.2) is 24.3 Å². The van der Waals surface area contributed by atoms with Gasteiger partial charge in [-0.05, 0) is 42.6 Å². The fourth-order valence-corrected chi connectivity index (χ4v) is 2.22. The Morgan fingerprint density at radius 2 is 2.21 bits per heavy atom. The van der Waals surface area contributed by atoms with Crippen molar-refractivity contribution in [1.29, 1.82) is 0 Å². The number of rotatable bonds is 1. The summed E-state index contributed by atoms with van der Waals surface area (Å²) in [6.07, 6.45) is 3.50. The molecule has 14 heavy (non-hydrogen) atoms. The molecule has 0 saturated carbocycles. The molecule has 1 unspecified atom stereocenters. The zero-order chi connectivity index (χ0) is 9.97. The van der Waals surface area contributed by atoms with Gasteiger partial charge in [0, 0.05) is 0 Å². The summed E-state index contributed by atoms with van der Waals surface area (Å²) in [6, 6.07) is 8.81. The van der Waals surface area contributed by atoms with E-state index in [1.54, 1.807) is 0 Å². The Kier molecular flexibility index (Phi) is 2.68. The van der Waals surface area contributed by atoms with Crippen molar-refractivity contribution in [2.45, 2.75) is 25.3 Å². The van der Waals surface area contributed by atoms with Crippen LogP contribution in [0.5, 0.6) is 0 Å². The Morgan fingerprint density at radius 3 is 3.00 bits per heavy atom. The lowest BCUT2D eigenvalue weighted by Gasteiger charge is -2.26. The highest BCUT2D eigenvalue weighted by Crippen LogP contribution is 2.28. The van der Waals surface area contributed by atoms with Crippen molar-refractivity contribution < 1.29 is 0 Å². The topological polar surface area (TPSA) is 38.0 Å². The number of benzene rings is 1. The zero-order valence-electron chi connectivity index (χ0n) is 7.99. The lowest BCUT2D eigenvalue weighted by atomic mass is 9.88. The molecule has 0 fully saturated rings. The molecular formula is C11H14N2S. The highest BCUT2D eigenvalue weighted by molar-refractivity contribution is 7.80. The van der Waals surface area contributed by atoms with Gasteiger partial charge in [-0.3, -0.25) is 0 Å². The Labute approximate surface area is 89.5 Å². The molecule has 3 N–H and O–H groups in total. The monoisotopic (exact) mass is 206 g/mol. The summed E-state index contributed by atoms with van der Waals surface area (Å²) >= 11 is 4.87. The highest BCUT2D eigenvalue weighted by Gasteiger charge is 2.19. The number of fused-ring (bicyclic) bond motifs is 1. The van der Waals surface area contributed by atoms with Crippen molar-refractivity contribution in [3.05, 3.63) is 35.4 Å². The van der Waals surface area contributed by atoms with Gasteiger partial charge in [-0.1, -0.05) is 24.3 Å². The maximum absolute atomic E-state index is 5.50. The Balaban J connectivity index is 2.26. The molecule has 0 spiro atoms. The molecule has 0 heterocycles. The number of aryl methyl sites for hydroxylation is 1. The normalized spacial score (nSPS) is 19.9. The molecule has 1 aliphatic rings. The second kappa shape index (κ2) is 3.96. The smallest absolute Gasteiger partial charge is 0.164 e. The van der Waals surface area contributed by atoms with Crippen LogP contribution in [0.25, 0.3) is 0 Å². The summed E-state index contributed by atoms with van der Waals surface area (Å²) in [5.41, 5.74) is 8.28. The molecular weight excluding hydrogens is 192 g/mol. The van der Waals surface area contributed by atoms with Crippen LogP contribution in [0.2, 0.25) is 0 Å². The lowest BCUT2D eigenvalue weighted by Crippen LogP contribution is -2.34. The molecule has 74 valence electrons. The molecule has 0 saturated heterocycles. The van der Waals surface area contributed by atoms with Crippen LogP contribution in [0.3, 0.4) is 0 Å². The largest absolute Gasteiger partial charge is 0.376 e. The highest BCUT2D eigenvalue weighted by atomic mass is 32.1. The first-order valence-electron chi connectivity index (χ1n) is 4.91. The van der Waals surface area contributed by atoms with Gasteiger partial charge in [0.2, 0.25) is 0 Å². The van der Waals surface area contributed by atoms with Crippen molar-refractivity contribution in [3.63, 3.8) is 0 Å². The van der Waals surface area contributed by atoms with E-state index in [4.69, 9.17) is 18.0 Å². The Morgan fingerprint density at radius 1 is 1.43 bits per heavy atom. The molecule has 0 bridgehead atoms. The quantitative estimate of drug-likeness (QED) is 0.689. The lowest BCUT2D eigenvalue weighted by molar-refractivity contribution is 0.528. The van der Waals surface area contributed by atoms with Gasteiger partial charge in [-0.15, -0.1) is 0 Å². The van der Waals surface area contributed by atoms with E-state index in [-0.39, 0.29) is 0 Å². The summed E-state index contributed by atoms with van der Waals surface area (Å²) < 4.78 is 0. The maximum atomic E-state index is 5.50. The molecule has 1 atom stereocenters. The van der Waals surface area contributed by atoms with Gasteiger partial charge < -0.3 is 11.1 Å². The van der Waals surface area contributed by atoms with Gasteiger partial charge in [-0.2, -0.15) is 0 Å². The first-order chi connectivity index (χ1) is 6.77. The van der Waals surface area contributed by atoms with Crippen molar-refractivity contribution in [2.75, 3.05) is 0 Å². The van der Waals surface area contributed by atoms with Gasteiger partial charge in [-0.25, -0.2) is 0 Å². The Bertz CT molecular complexity index is 349. The van der Waals surface area contributed by atoms with E-state index in [1.807, 2.05) is 0 Å². The fraction of sp³-hybridized carbons (Fsp3) is 0.364. The summed E-state index contributed by atoms with van der Waals surface area (Å²) in [5, 5.41) is 3.54. The minimum Gasteiger partial charge on any atom is -0.376 e. The third kappa shape index (κ3) is 1.87. The average molecular weight is 206 g/mol. The van der Waals surface area contributed by atoms with Crippen LogP contribution < -0.4 is 11.1 Å². The molecule has 3 heteroatoms. The number of nitrogens with two attached hydrogens (primary N) is 1. The standard InChI is InChI=1S/C11H14N2S/c12-11(14)13-10-7-3-5-8-4-1-2-6-9(8)10/h1-2,4,6,10H,3,5,7H2,(H3,12,13,14). The van der Waals surface area contributed by atoms with Crippen molar-refractivity contribution >= 4 is 17.3 Å². The summed E-state index contributed by atoms with van der Waals surface area (Å²) in [5.74, 6) is 0. The Hall–Kier alpha value is -1.09. The van der Waals surface area contributed by atoms with Gasteiger partial charge in [0.05, 0.1) is 6.04 Å². The van der Waals surface area contributed by atoms with E-state index in [0.717, 1.165) is 6.42 Å². The number of nitrogens with one attached hydrogen (secondary N) is 1. The molecule has 1 aromatic rings. The molecule has 2 nitrogen and oxygen atoms in total. The second-order valence-corrected chi connectivity index (χ2v) is 4.09. The summed E-state index contributed by atoms with van der Waals surface area (Å²) in [7, 11) is 0. The third-order valence-corrected chi connectivity index (χ3v) is 2.80. The fourth-order valence-electron chi connectivity index (χ4n) is 2.08. The maximum Gasteiger partial charge on any atom is 0.164 e. The predicted molar refractivity (Wildman–Crippen MR) is 62.0 cm³/mol. The van der Waals surface area contributed by atoms with Crippen molar-refractivity contribution in [3.8, 4) is 0 Å². The zero-order valence-corrected chi connectivity index (χ0v) is 8.81.